The van der Waals surface area contributed by atoms with Gasteiger partial charge in [-0.05, 0) is 18.2 Å². The molecule has 1 aromatic heterocycles. The lowest BCUT2D eigenvalue weighted by Gasteiger charge is -2.12. The van der Waals surface area contributed by atoms with E-state index in [2.05, 4.69) is 31.0 Å². The topological polar surface area (TPSA) is 77.2 Å². The predicted octanol–water partition coefficient (Wildman–Crippen LogP) is 3.23. The van der Waals surface area contributed by atoms with Crippen LogP contribution >= 0.6 is 15.9 Å². The van der Waals surface area contributed by atoms with Crippen molar-refractivity contribution >= 4 is 39.1 Å². The van der Waals surface area contributed by atoms with Gasteiger partial charge in [0.1, 0.15) is 17.1 Å². The van der Waals surface area contributed by atoms with Gasteiger partial charge < -0.3 is 15.8 Å². The Kier molecular flexibility index (Phi) is 4.37. The molecule has 0 bridgehead atoms. The first-order valence-electron chi connectivity index (χ1n) is 5.67. The molecule has 0 aliphatic rings. The number of pyridine rings is 1. The SMILES string of the molecule is COC(=O)c1cc(N)cnc1Nc1c(F)cc(Br)cc1F. The number of carbonyl (C=O) groups is 1. The number of aromatic nitrogens is 1. The molecule has 1 heterocycles. The van der Waals surface area contributed by atoms with E-state index in [0.29, 0.717) is 0 Å². The van der Waals surface area contributed by atoms with Crippen LogP contribution in [0.3, 0.4) is 0 Å². The molecule has 0 spiro atoms. The van der Waals surface area contributed by atoms with E-state index in [1.165, 1.54) is 19.4 Å². The molecule has 0 radical (unpaired) electrons. The third kappa shape index (κ3) is 3.27. The number of nitrogen functional groups attached to an aromatic ring is 1. The van der Waals surface area contributed by atoms with Gasteiger partial charge in [0.15, 0.2) is 11.6 Å². The Bertz CT molecular complexity index is 687. The highest BCUT2D eigenvalue weighted by Crippen LogP contribution is 2.28. The molecule has 21 heavy (non-hydrogen) atoms. The minimum atomic E-state index is -0.837. The monoisotopic (exact) mass is 357 g/mol. The van der Waals surface area contributed by atoms with Crippen LogP contribution in [0.4, 0.5) is 26.0 Å². The molecule has 0 saturated heterocycles. The molecule has 0 aliphatic heterocycles. The average molecular weight is 358 g/mol. The van der Waals surface area contributed by atoms with Gasteiger partial charge in [0.05, 0.1) is 19.0 Å². The number of methoxy groups -OCH3 is 1. The zero-order chi connectivity index (χ0) is 15.6. The second kappa shape index (κ2) is 6.04. The van der Waals surface area contributed by atoms with Gasteiger partial charge in [-0.1, -0.05) is 15.9 Å². The molecule has 8 heteroatoms. The molecule has 0 fully saturated rings. The summed E-state index contributed by atoms with van der Waals surface area (Å²) in [4.78, 5) is 15.5. The van der Waals surface area contributed by atoms with Crippen molar-refractivity contribution in [2.24, 2.45) is 0 Å². The lowest BCUT2D eigenvalue weighted by Crippen LogP contribution is -2.09. The summed E-state index contributed by atoms with van der Waals surface area (Å²) in [5.41, 5.74) is 5.30. The number of rotatable bonds is 3. The van der Waals surface area contributed by atoms with Crippen LogP contribution in [0, 0.1) is 11.6 Å². The first-order chi connectivity index (χ1) is 9.92. The van der Waals surface area contributed by atoms with E-state index < -0.39 is 23.3 Å². The number of nitrogens with one attached hydrogen (secondary N) is 1. The Morgan fingerprint density at radius 1 is 1.33 bits per heavy atom. The second-order valence-corrected chi connectivity index (χ2v) is 4.94. The van der Waals surface area contributed by atoms with Crippen molar-refractivity contribution in [3.8, 4) is 0 Å². The standard InChI is InChI=1S/C13H10BrF2N3O2/c1-21-13(20)8-4-7(17)5-18-12(8)19-11-9(15)2-6(14)3-10(11)16/h2-5H,17H2,1H3,(H,18,19). The fraction of sp³-hybridized carbons (Fsp3) is 0.0769. The van der Waals surface area contributed by atoms with Crippen LogP contribution in [0.5, 0.6) is 0 Å². The number of nitrogens with zero attached hydrogens (tertiary/aromatic N) is 1. The van der Waals surface area contributed by atoms with Crippen molar-refractivity contribution in [3.63, 3.8) is 0 Å². The van der Waals surface area contributed by atoms with Gasteiger partial charge in [-0.3, -0.25) is 0 Å². The van der Waals surface area contributed by atoms with Crippen LogP contribution in [0.2, 0.25) is 0 Å². The van der Waals surface area contributed by atoms with Gasteiger partial charge in [-0.15, -0.1) is 0 Å². The molecule has 0 saturated carbocycles. The number of esters is 1. The third-order valence-electron chi connectivity index (χ3n) is 2.56. The molecule has 5 nitrogen and oxygen atoms in total. The molecule has 3 N–H and O–H groups in total. The Morgan fingerprint density at radius 2 is 1.95 bits per heavy atom. The van der Waals surface area contributed by atoms with Crippen molar-refractivity contribution in [2.75, 3.05) is 18.2 Å². The smallest absolute Gasteiger partial charge is 0.341 e. The van der Waals surface area contributed by atoms with Gasteiger partial charge in [-0.25, -0.2) is 18.6 Å². The van der Waals surface area contributed by atoms with Crippen LogP contribution in [-0.4, -0.2) is 18.1 Å². The summed E-state index contributed by atoms with van der Waals surface area (Å²) in [6.07, 6.45) is 1.25. The Morgan fingerprint density at radius 3 is 2.52 bits per heavy atom. The number of nitrogens with two attached hydrogens (primary N) is 1. The van der Waals surface area contributed by atoms with Crippen molar-refractivity contribution < 1.29 is 18.3 Å². The predicted molar refractivity (Wildman–Crippen MR) is 77.3 cm³/mol. The van der Waals surface area contributed by atoms with E-state index in [0.717, 1.165) is 12.1 Å². The number of hydrogen-bond donors (Lipinski definition) is 2. The van der Waals surface area contributed by atoms with Gasteiger partial charge in [0.25, 0.3) is 0 Å². The highest BCUT2D eigenvalue weighted by molar-refractivity contribution is 9.10. The van der Waals surface area contributed by atoms with Gasteiger partial charge >= 0.3 is 5.97 Å². The van der Waals surface area contributed by atoms with Crippen molar-refractivity contribution in [1.29, 1.82) is 0 Å². The highest BCUT2D eigenvalue weighted by Gasteiger charge is 2.17. The lowest BCUT2D eigenvalue weighted by molar-refractivity contribution is 0.0601. The molecule has 2 aromatic rings. The van der Waals surface area contributed by atoms with Crippen LogP contribution < -0.4 is 11.1 Å². The maximum atomic E-state index is 13.8. The van der Waals surface area contributed by atoms with E-state index in [-0.39, 0.29) is 21.5 Å². The fourth-order valence-corrected chi connectivity index (χ4v) is 2.03. The summed E-state index contributed by atoms with van der Waals surface area (Å²) in [5.74, 6) is -2.46. The number of anilines is 3. The number of halogens is 3. The van der Waals surface area contributed by atoms with Crippen molar-refractivity contribution in [2.45, 2.75) is 0 Å². The fourth-order valence-electron chi connectivity index (χ4n) is 1.63. The largest absolute Gasteiger partial charge is 0.465 e. The van der Waals surface area contributed by atoms with Gasteiger partial charge in [0.2, 0.25) is 0 Å². The van der Waals surface area contributed by atoms with E-state index in [4.69, 9.17) is 5.73 Å². The van der Waals surface area contributed by atoms with Crippen molar-refractivity contribution in [3.05, 3.63) is 46.1 Å². The van der Waals surface area contributed by atoms with Crippen molar-refractivity contribution in [1.82, 2.24) is 4.98 Å². The number of benzene rings is 1. The molecule has 0 unspecified atom stereocenters. The highest BCUT2D eigenvalue weighted by atomic mass is 79.9. The van der Waals surface area contributed by atoms with E-state index in [9.17, 15) is 13.6 Å². The van der Waals surface area contributed by atoms with Crippen LogP contribution in [0.25, 0.3) is 0 Å². The maximum absolute atomic E-state index is 13.8. The molecule has 0 amide bonds. The van der Waals surface area contributed by atoms with Crippen LogP contribution in [-0.2, 0) is 4.74 Å². The minimum absolute atomic E-state index is 0.0285. The Hall–Kier alpha value is -2.22. The number of carbonyl (C=O) groups excluding carboxylic acids is 1. The Balaban J connectivity index is 2.47. The summed E-state index contributed by atoms with van der Waals surface area (Å²) < 4.78 is 32.4. The van der Waals surface area contributed by atoms with Crippen LogP contribution in [0.15, 0.2) is 28.9 Å². The van der Waals surface area contributed by atoms with E-state index >= 15 is 0 Å². The van der Waals surface area contributed by atoms with Crippen LogP contribution in [0.1, 0.15) is 10.4 Å². The summed E-state index contributed by atoms with van der Waals surface area (Å²) in [6, 6.07) is 3.47. The summed E-state index contributed by atoms with van der Waals surface area (Å²) in [7, 11) is 1.18. The second-order valence-electron chi connectivity index (χ2n) is 4.03. The summed E-state index contributed by atoms with van der Waals surface area (Å²) >= 11 is 2.98. The molecule has 2 rings (SSSR count). The van der Waals surface area contributed by atoms with Gasteiger partial charge in [-0.2, -0.15) is 0 Å². The molecular weight excluding hydrogens is 348 g/mol. The maximum Gasteiger partial charge on any atom is 0.341 e. The number of hydrogen-bond acceptors (Lipinski definition) is 5. The average Bonchev–Trinajstić information content (AvgIpc) is 2.43. The molecule has 1 aromatic carbocycles. The molecule has 0 atom stereocenters. The van der Waals surface area contributed by atoms with E-state index in [1.807, 2.05) is 0 Å². The molecule has 110 valence electrons. The molecule has 0 aliphatic carbocycles. The van der Waals surface area contributed by atoms with E-state index in [1.54, 1.807) is 0 Å². The quantitative estimate of drug-likeness (QED) is 0.824. The van der Waals surface area contributed by atoms with Gasteiger partial charge in [0, 0.05) is 4.47 Å². The first-order valence-corrected chi connectivity index (χ1v) is 6.47. The third-order valence-corrected chi connectivity index (χ3v) is 3.02. The first kappa shape index (κ1) is 15.2. The Labute approximate surface area is 127 Å². The lowest BCUT2D eigenvalue weighted by atomic mass is 10.2. The zero-order valence-corrected chi connectivity index (χ0v) is 12.4. The summed E-state index contributed by atoms with van der Waals surface area (Å²) in [5, 5.41) is 2.44. The zero-order valence-electron chi connectivity index (χ0n) is 10.8. The summed E-state index contributed by atoms with van der Waals surface area (Å²) in [6.45, 7) is 0. The molecular formula is C13H10BrF2N3O2. The number of ether oxygens (including phenoxy) is 1. The minimum Gasteiger partial charge on any atom is -0.465 e. The normalized spacial score (nSPS) is 10.3.